The van der Waals surface area contributed by atoms with Crippen molar-refractivity contribution in [1.82, 2.24) is 4.90 Å². The Labute approximate surface area is 144 Å². The predicted molar refractivity (Wildman–Crippen MR) is 93.6 cm³/mol. The minimum atomic E-state index is 0. The third kappa shape index (κ3) is 3.74. The predicted octanol–water partition coefficient (Wildman–Crippen LogP) is 1.91. The van der Waals surface area contributed by atoms with Crippen LogP contribution in [0.3, 0.4) is 0 Å². The minimum absolute atomic E-state index is 0. The van der Waals surface area contributed by atoms with Gasteiger partial charge in [0.2, 0.25) is 5.91 Å². The highest BCUT2D eigenvalue weighted by atomic mass is 35.5. The molecule has 1 aromatic carbocycles. The highest BCUT2D eigenvalue weighted by Crippen LogP contribution is 2.31. The molecule has 1 saturated carbocycles. The second-order valence-electron chi connectivity index (χ2n) is 6.13. The number of likely N-dealkylation sites (tertiary alicyclic amines) is 1. The van der Waals surface area contributed by atoms with Crippen molar-refractivity contribution in [3.05, 3.63) is 35.9 Å². The number of rotatable bonds is 2. The standard InChI is InChI=1S/C16H23N3O.2ClH/c17-14-8-4-7-12(14)16(20)19-9-13(15(18)10-19)11-5-2-1-3-6-11;;/h1-3,5-6,12-15H,4,7-10,17-18H2;2*1H/t12?,13-,14?,15+;;/m0../s1. The lowest BCUT2D eigenvalue weighted by atomic mass is 9.95. The first-order valence-electron chi connectivity index (χ1n) is 7.51. The Morgan fingerprint density at radius 2 is 1.68 bits per heavy atom. The molecule has 1 heterocycles. The van der Waals surface area contributed by atoms with Crippen LogP contribution in [0.1, 0.15) is 30.7 Å². The lowest BCUT2D eigenvalue weighted by Gasteiger charge is -2.23. The van der Waals surface area contributed by atoms with Crippen LogP contribution >= 0.6 is 24.8 Å². The number of hydrogen-bond acceptors (Lipinski definition) is 3. The van der Waals surface area contributed by atoms with Gasteiger partial charge in [0.15, 0.2) is 0 Å². The fourth-order valence-electron chi connectivity index (χ4n) is 3.59. The Balaban J connectivity index is 0.00000121. The molecule has 1 amide bonds. The van der Waals surface area contributed by atoms with Gasteiger partial charge in [-0.25, -0.2) is 0 Å². The van der Waals surface area contributed by atoms with Crippen LogP contribution in [0.4, 0.5) is 0 Å². The zero-order chi connectivity index (χ0) is 14.1. The molecular formula is C16H25Cl2N3O. The van der Waals surface area contributed by atoms with E-state index in [-0.39, 0.29) is 54.6 Å². The van der Waals surface area contributed by atoms with Gasteiger partial charge in [0.25, 0.3) is 0 Å². The second kappa shape index (κ2) is 8.16. The number of carbonyl (C=O) groups is 1. The van der Waals surface area contributed by atoms with Gasteiger partial charge in [-0.15, -0.1) is 24.8 Å². The highest BCUT2D eigenvalue weighted by molar-refractivity contribution is 5.85. The summed E-state index contributed by atoms with van der Waals surface area (Å²) in [5.41, 5.74) is 13.5. The summed E-state index contributed by atoms with van der Waals surface area (Å²) >= 11 is 0. The third-order valence-corrected chi connectivity index (χ3v) is 4.79. The summed E-state index contributed by atoms with van der Waals surface area (Å²) in [7, 11) is 0. The molecule has 6 heteroatoms. The molecule has 4 nitrogen and oxygen atoms in total. The van der Waals surface area contributed by atoms with Gasteiger partial charge in [-0.05, 0) is 18.4 Å². The van der Waals surface area contributed by atoms with Gasteiger partial charge in [-0.3, -0.25) is 4.79 Å². The molecule has 2 fully saturated rings. The SMILES string of the molecule is Cl.Cl.NC1CCCC1C(=O)N1C[C@@H](N)[C@H](c2ccccc2)C1. The van der Waals surface area contributed by atoms with Gasteiger partial charge in [-0.2, -0.15) is 0 Å². The molecule has 1 aliphatic carbocycles. The van der Waals surface area contributed by atoms with E-state index in [4.69, 9.17) is 11.5 Å². The first kappa shape index (κ1) is 19.2. The Morgan fingerprint density at radius 3 is 2.27 bits per heavy atom. The molecule has 1 saturated heterocycles. The van der Waals surface area contributed by atoms with Crippen molar-refractivity contribution in [1.29, 1.82) is 0 Å². The quantitative estimate of drug-likeness (QED) is 0.859. The van der Waals surface area contributed by atoms with Gasteiger partial charge < -0.3 is 16.4 Å². The number of amides is 1. The van der Waals surface area contributed by atoms with Crippen LogP contribution in [0.2, 0.25) is 0 Å². The average Bonchev–Trinajstić information content (AvgIpc) is 3.05. The summed E-state index contributed by atoms with van der Waals surface area (Å²) < 4.78 is 0. The topological polar surface area (TPSA) is 72.4 Å². The first-order valence-corrected chi connectivity index (χ1v) is 7.51. The van der Waals surface area contributed by atoms with Crippen LogP contribution in [-0.2, 0) is 4.79 Å². The van der Waals surface area contributed by atoms with Gasteiger partial charge in [-0.1, -0.05) is 36.8 Å². The maximum Gasteiger partial charge on any atom is 0.227 e. The number of nitrogens with two attached hydrogens (primary N) is 2. The molecule has 1 aromatic rings. The van der Waals surface area contributed by atoms with Crippen molar-refractivity contribution in [2.45, 2.75) is 37.3 Å². The maximum absolute atomic E-state index is 12.6. The van der Waals surface area contributed by atoms with Crippen molar-refractivity contribution in [2.24, 2.45) is 17.4 Å². The van der Waals surface area contributed by atoms with E-state index in [1.807, 2.05) is 23.1 Å². The van der Waals surface area contributed by atoms with E-state index >= 15 is 0 Å². The average molecular weight is 346 g/mol. The lowest BCUT2D eigenvalue weighted by Crippen LogP contribution is -2.41. The van der Waals surface area contributed by atoms with Gasteiger partial charge in [0, 0.05) is 31.1 Å². The summed E-state index contributed by atoms with van der Waals surface area (Å²) in [5, 5.41) is 0. The summed E-state index contributed by atoms with van der Waals surface area (Å²) in [6.45, 7) is 1.38. The highest BCUT2D eigenvalue weighted by Gasteiger charge is 2.39. The van der Waals surface area contributed by atoms with Crippen LogP contribution in [-0.4, -0.2) is 36.0 Å². The van der Waals surface area contributed by atoms with Crippen LogP contribution in [0.15, 0.2) is 30.3 Å². The fourth-order valence-corrected chi connectivity index (χ4v) is 3.59. The zero-order valence-corrected chi connectivity index (χ0v) is 14.2. The molecule has 0 aromatic heterocycles. The summed E-state index contributed by atoms with van der Waals surface area (Å²) in [5.74, 6) is 0.471. The van der Waals surface area contributed by atoms with Crippen molar-refractivity contribution >= 4 is 30.7 Å². The van der Waals surface area contributed by atoms with Crippen molar-refractivity contribution in [2.75, 3.05) is 13.1 Å². The Bertz CT molecular complexity index is 486. The van der Waals surface area contributed by atoms with Gasteiger partial charge in [0.05, 0.1) is 5.92 Å². The molecule has 2 aliphatic rings. The molecule has 0 radical (unpaired) electrons. The number of carbonyl (C=O) groups excluding carboxylic acids is 1. The molecular weight excluding hydrogens is 321 g/mol. The molecule has 1 aliphatic heterocycles. The van der Waals surface area contributed by atoms with E-state index in [1.165, 1.54) is 5.56 Å². The van der Waals surface area contributed by atoms with Crippen LogP contribution < -0.4 is 11.5 Å². The van der Waals surface area contributed by atoms with E-state index in [2.05, 4.69) is 12.1 Å². The first-order chi connectivity index (χ1) is 9.66. The fraction of sp³-hybridized carbons (Fsp3) is 0.562. The van der Waals surface area contributed by atoms with Crippen LogP contribution in [0.25, 0.3) is 0 Å². The molecule has 0 bridgehead atoms. The normalized spacial score (nSPS) is 30.5. The number of benzene rings is 1. The van der Waals surface area contributed by atoms with Crippen LogP contribution in [0, 0.1) is 5.92 Å². The van der Waals surface area contributed by atoms with Crippen molar-refractivity contribution in [3.63, 3.8) is 0 Å². The summed E-state index contributed by atoms with van der Waals surface area (Å²) in [6, 6.07) is 10.3. The van der Waals surface area contributed by atoms with E-state index in [0.717, 1.165) is 25.8 Å². The molecule has 2 unspecified atom stereocenters. The van der Waals surface area contributed by atoms with E-state index in [1.54, 1.807) is 0 Å². The molecule has 4 atom stereocenters. The monoisotopic (exact) mass is 345 g/mol. The van der Waals surface area contributed by atoms with Gasteiger partial charge >= 0.3 is 0 Å². The lowest BCUT2D eigenvalue weighted by molar-refractivity contribution is -0.134. The van der Waals surface area contributed by atoms with Gasteiger partial charge in [0.1, 0.15) is 0 Å². The smallest absolute Gasteiger partial charge is 0.227 e. The van der Waals surface area contributed by atoms with E-state index in [9.17, 15) is 4.79 Å². The van der Waals surface area contributed by atoms with Crippen LogP contribution in [0.5, 0.6) is 0 Å². The number of nitrogens with zero attached hydrogens (tertiary/aromatic N) is 1. The number of halogens is 2. The Kier molecular flexibility index (Phi) is 7.13. The Morgan fingerprint density at radius 1 is 1.00 bits per heavy atom. The molecule has 0 spiro atoms. The molecule has 4 N–H and O–H groups in total. The second-order valence-corrected chi connectivity index (χ2v) is 6.13. The maximum atomic E-state index is 12.6. The summed E-state index contributed by atoms with van der Waals surface area (Å²) in [4.78, 5) is 14.5. The van der Waals surface area contributed by atoms with Crippen molar-refractivity contribution < 1.29 is 4.79 Å². The zero-order valence-electron chi connectivity index (χ0n) is 12.6. The molecule has 3 rings (SSSR count). The Hall–Kier alpha value is -0.810. The molecule has 22 heavy (non-hydrogen) atoms. The van der Waals surface area contributed by atoms with E-state index in [0.29, 0.717) is 6.54 Å². The largest absolute Gasteiger partial charge is 0.340 e. The molecule has 124 valence electrons. The number of hydrogen-bond donors (Lipinski definition) is 2. The van der Waals surface area contributed by atoms with E-state index < -0.39 is 0 Å². The van der Waals surface area contributed by atoms with Crippen molar-refractivity contribution in [3.8, 4) is 0 Å². The third-order valence-electron chi connectivity index (χ3n) is 4.79. The summed E-state index contributed by atoms with van der Waals surface area (Å²) in [6.07, 6.45) is 2.97. The minimum Gasteiger partial charge on any atom is -0.340 e.